The number of rotatable bonds is 2. The molecule has 3 nitrogen and oxygen atoms in total. The number of aliphatic hydroxyl groups excluding tert-OH is 1. The molecule has 3 aromatic rings. The molecule has 0 radical (unpaired) electrons. The molecule has 1 aromatic heterocycles. The fraction of sp³-hybridized carbons (Fsp3) is 0.118. The van der Waals surface area contributed by atoms with Crippen LogP contribution in [0.5, 0.6) is 0 Å². The molecule has 0 amide bonds. The Bertz CT molecular complexity index is 929. The summed E-state index contributed by atoms with van der Waals surface area (Å²) in [6.07, 6.45) is -4.51. The zero-order valence-corrected chi connectivity index (χ0v) is 11.8. The van der Waals surface area contributed by atoms with E-state index >= 15 is 0 Å². The molecule has 1 N–H and O–H groups in total. The third-order valence-corrected chi connectivity index (χ3v) is 3.62. The zero-order chi connectivity index (χ0) is 16.6. The van der Waals surface area contributed by atoms with Crippen molar-refractivity contribution in [2.45, 2.75) is 12.8 Å². The minimum atomic E-state index is -4.51. The minimum absolute atomic E-state index is 0.0401. The highest BCUT2D eigenvalue weighted by Gasteiger charge is 2.31. The van der Waals surface area contributed by atoms with Crippen LogP contribution >= 0.6 is 0 Å². The fourth-order valence-electron chi connectivity index (χ4n) is 2.54. The standard InChI is InChI=1S/C17H12F3NO2/c18-17(19,20)13-6-7-15(12(9-13)10-22)21-14-4-2-1-3-11(14)5-8-16(21)23/h1-9,22H,10H2. The van der Waals surface area contributed by atoms with E-state index in [9.17, 15) is 23.1 Å². The number of hydrogen-bond donors (Lipinski definition) is 1. The lowest BCUT2D eigenvalue weighted by molar-refractivity contribution is -0.137. The number of halogens is 3. The van der Waals surface area contributed by atoms with Crippen LogP contribution in [0.25, 0.3) is 16.6 Å². The average molecular weight is 319 g/mol. The van der Waals surface area contributed by atoms with Gasteiger partial charge in [-0.3, -0.25) is 9.36 Å². The smallest absolute Gasteiger partial charge is 0.392 e. The summed E-state index contributed by atoms with van der Waals surface area (Å²) in [5.74, 6) is 0. The Balaban J connectivity index is 2.31. The van der Waals surface area contributed by atoms with Crippen LogP contribution < -0.4 is 5.56 Å². The molecule has 0 unspecified atom stereocenters. The lowest BCUT2D eigenvalue weighted by Gasteiger charge is -2.15. The van der Waals surface area contributed by atoms with Crippen molar-refractivity contribution in [2.24, 2.45) is 0 Å². The summed E-state index contributed by atoms with van der Waals surface area (Å²) >= 11 is 0. The van der Waals surface area contributed by atoms with Crippen LogP contribution in [0.4, 0.5) is 13.2 Å². The molecule has 0 atom stereocenters. The topological polar surface area (TPSA) is 42.2 Å². The first kappa shape index (κ1) is 15.3. The Hall–Kier alpha value is -2.60. The molecule has 23 heavy (non-hydrogen) atoms. The Labute approximate surface area is 129 Å². The molecular formula is C17H12F3NO2. The van der Waals surface area contributed by atoms with Crippen LogP contribution in [-0.4, -0.2) is 9.67 Å². The third kappa shape index (κ3) is 2.73. The summed E-state index contributed by atoms with van der Waals surface area (Å²) in [6, 6.07) is 13.0. The van der Waals surface area contributed by atoms with Crippen LogP contribution in [0.15, 0.2) is 59.4 Å². The number of hydrogen-bond acceptors (Lipinski definition) is 2. The van der Waals surface area contributed by atoms with Gasteiger partial charge >= 0.3 is 6.18 Å². The first-order valence-corrected chi connectivity index (χ1v) is 6.84. The summed E-state index contributed by atoms with van der Waals surface area (Å²) in [6.45, 7) is -0.602. The molecule has 0 aliphatic carbocycles. The summed E-state index contributed by atoms with van der Waals surface area (Å²) in [4.78, 5) is 12.2. The van der Waals surface area contributed by atoms with E-state index in [0.29, 0.717) is 5.52 Å². The lowest BCUT2D eigenvalue weighted by Crippen LogP contribution is -2.19. The van der Waals surface area contributed by atoms with Crippen molar-refractivity contribution in [1.82, 2.24) is 4.57 Å². The van der Waals surface area contributed by atoms with E-state index in [-0.39, 0.29) is 16.8 Å². The van der Waals surface area contributed by atoms with Gasteiger partial charge in [0.25, 0.3) is 5.56 Å². The molecule has 118 valence electrons. The van der Waals surface area contributed by atoms with E-state index in [2.05, 4.69) is 0 Å². The number of aliphatic hydroxyl groups is 1. The highest BCUT2D eigenvalue weighted by molar-refractivity contribution is 5.80. The fourth-order valence-corrected chi connectivity index (χ4v) is 2.54. The molecule has 0 saturated heterocycles. The zero-order valence-electron chi connectivity index (χ0n) is 11.8. The molecule has 6 heteroatoms. The minimum Gasteiger partial charge on any atom is -0.392 e. The van der Waals surface area contributed by atoms with Gasteiger partial charge in [-0.25, -0.2) is 0 Å². The van der Waals surface area contributed by atoms with Crippen molar-refractivity contribution in [1.29, 1.82) is 0 Å². The average Bonchev–Trinajstić information content (AvgIpc) is 2.53. The summed E-state index contributed by atoms with van der Waals surface area (Å²) < 4.78 is 39.8. The molecule has 0 fully saturated rings. The van der Waals surface area contributed by atoms with Crippen molar-refractivity contribution < 1.29 is 18.3 Å². The second kappa shape index (κ2) is 5.55. The van der Waals surface area contributed by atoms with Crippen LogP contribution in [0, 0.1) is 0 Å². The van der Waals surface area contributed by atoms with E-state index in [1.165, 1.54) is 16.7 Å². The lowest BCUT2D eigenvalue weighted by atomic mass is 10.1. The van der Waals surface area contributed by atoms with Gasteiger partial charge in [0.1, 0.15) is 0 Å². The number of nitrogens with zero attached hydrogens (tertiary/aromatic N) is 1. The summed E-state index contributed by atoms with van der Waals surface area (Å²) in [7, 11) is 0. The first-order chi connectivity index (χ1) is 10.9. The number of para-hydroxylation sites is 1. The van der Waals surface area contributed by atoms with Gasteiger partial charge in [0.2, 0.25) is 0 Å². The monoisotopic (exact) mass is 319 g/mol. The van der Waals surface area contributed by atoms with Crippen LogP contribution in [0.3, 0.4) is 0 Å². The molecule has 0 spiro atoms. The number of benzene rings is 2. The molecule has 0 bridgehead atoms. The van der Waals surface area contributed by atoms with Crippen molar-refractivity contribution in [3.8, 4) is 5.69 Å². The van der Waals surface area contributed by atoms with Gasteiger partial charge in [0.15, 0.2) is 0 Å². The maximum atomic E-state index is 12.8. The van der Waals surface area contributed by atoms with Gasteiger partial charge < -0.3 is 5.11 Å². The van der Waals surface area contributed by atoms with Crippen molar-refractivity contribution >= 4 is 10.9 Å². The predicted molar refractivity (Wildman–Crippen MR) is 80.5 cm³/mol. The Morgan fingerprint density at radius 2 is 1.74 bits per heavy atom. The molecule has 1 heterocycles. The molecule has 0 aliphatic rings. The van der Waals surface area contributed by atoms with E-state index in [4.69, 9.17) is 0 Å². The maximum absolute atomic E-state index is 12.8. The first-order valence-electron chi connectivity index (χ1n) is 6.84. The number of alkyl halides is 3. The second-order valence-electron chi connectivity index (χ2n) is 5.07. The van der Waals surface area contributed by atoms with Crippen molar-refractivity contribution in [3.05, 3.63) is 76.1 Å². The summed E-state index contributed by atoms with van der Waals surface area (Å²) in [5.41, 5.74) is -0.396. The van der Waals surface area contributed by atoms with Gasteiger partial charge in [-0.1, -0.05) is 18.2 Å². The quantitative estimate of drug-likeness (QED) is 0.785. The highest BCUT2D eigenvalue weighted by Crippen LogP contribution is 2.31. The SMILES string of the molecule is O=c1ccc2ccccc2n1-c1ccc(C(F)(F)F)cc1CO. The number of aromatic nitrogens is 1. The highest BCUT2D eigenvalue weighted by atomic mass is 19.4. The largest absolute Gasteiger partial charge is 0.416 e. The van der Waals surface area contributed by atoms with Gasteiger partial charge in [-0.2, -0.15) is 13.2 Å². The van der Waals surface area contributed by atoms with Crippen LogP contribution in [0.2, 0.25) is 0 Å². The second-order valence-corrected chi connectivity index (χ2v) is 5.07. The predicted octanol–water partition coefficient (Wildman–Crippen LogP) is 3.50. The van der Waals surface area contributed by atoms with E-state index in [0.717, 1.165) is 17.5 Å². The van der Waals surface area contributed by atoms with E-state index < -0.39 is 18.3 Å². The third-order valence-electron chi connectivity index (χ3n) is 3.62. The summed E-state index contributed by atoms with van der Waals surface area (Å²) in [5, 5.41) is 10.2. The van der Waals surface area contributed by atoms with E-state index in [1.807, 2.05) is 0 Å². The van der Waals surface area contributed by atoms with E-state index in [1.54, 1.807) is 30.3 Å². The molecule has 2 aromatic carbocycles. The van der Waals surface area contributed by atoms with Gasteiger partial charge in [-0.05, 0) is 35.7 Å². The van der Waals surface area contributed by atoms with Gasteiger partial charge in [0, 0.05) is 11.6 Å². The Kier molecular flexibility index (Phi) is 3.69. The molecule has 0 saturated carbocycles. The normalized spacial score (nSPS) is 11.8. The Morgan fingerprint density at radius 3 is 2.43 bits per heavy atom. The Morgan fingerprint density at radius 1 is 1.00 bits per heavy atom. The van der Waals surface area contributed by atoms with Gasteiger partial charge in [0.05, 0.1) is 23.4 Å². The number of fused-ring (bicyclic) bond motifs is 1. The molecular weight excluding hydrogens is 307 g/mol. The maximum Gasteiger partial charge on any atom is 0.416 e. The van der Waals surface area contributed by atoms with Gasteiger partial charge in [-0.15, -0.1) is 0 Å². The molecule has 0 aliphatic heterocycles. The van der Waals surface area contributed by atoms with Crippen molar-refractivity contribution in [3.63, 3.8) is 0 Å². The number of pyridine rings is 1. The van der Waals surface area contributed by atoms with Crippen molar-refractivity contribution in [2.75, 3.05) is 0 Å². The van der Waals surface area contributed by atoms with Crippen LogP contribution in [-0.2, 0) is 12.8 Å². The van der Waals surface area contributed by atoms with Crippen LogP contribution in [0.1, 0.15) is 11.1 Å². The molecule has 3 rings (SSSR count).